The molecule has 0 aromatic heterocycles. The second-order valence-corrected chi connectivity index (χ2v) is 6.80. The number of halogens is 2. The van der Waals surface area contributed by atoms with Crippen molar-refractivity contribution in [3.63, 3.8) is 0 Å². The van der Waals surface area contributed by atoms with Gasteiger partial charge in [-0.25, -0.2) is 0 Å². The minimum absolute atomic E-state index is 0.00278. The van der Waals surface area contributed by atoms with Gasteiger partial charge in [0.25, 0.3) is 0 Å². The molecule has 0 bridgehead atoms. The number of nitrogens with zero attached hydrogens (tertiary/aromatic N) is 1. The van der Waals surface area contributed by atoms with Gasteiger partial charge in [0.15, 0.2) is 11.5 Å². The summed E-state index contributed by atoms with van der Waals surface area (Å²) in [5.41, 5.74) is 0.850. The highest BCUT2D eigenvalue weighted by Gasteiger charge is 2.22. The van der Waals surface area contributed by atoms with Crippen LogP contribution in [0.1, 0.15) is 44.6 Å². The Bertz CT molecular complexity index is 592. The molecule has 1 N–H and O–H groups in total. The van der Waals surface area contributed by atoms with Crippen molar-refractivity contribution in [1.82, 2.24) is 10.2 Å². The second kappa shape index (κ2) is 9.71. The molecule has 1 aliphatic rings. The Morgan fingerprint density at radius 3 is 2.58 bits per heavy atom. The molecular weight excluding hydrogens is 342 g/mol. The zero-order chi connectivity index (χ0) is 19.1. The molecule has 0 spiro atoms. The average molecular weight is 370 g/mol. The van der Waals surface area contributed by atoms with Crippen LogP contribution < -0.4 is 14.8 Å². The van der Waals surface area contributed by atoms with Gasteiger partial charge in [-0.3, -0.25) is 9.69 Å². The molecule has 7 heteroatoms. The molecule has 1 aromatic carbocycles. The minimum atomic E-state index is -2.90. The smallest absolute Gasteiger partial charge is 0.387 e. The highest BCUT2D eigenvalue weighted by molar-refractivity contribution is 5.81. The number of methoxy groups -OCH3 is 1. The Labute approximate surface area is 153 Å². The van der Waals surface area contributed by atoms with Crippen molar-refractivity contribution in [1.29, 1.82) is 0 Å². The third kappa shape index (κ3) is 5.83. The van der Waals surface area contributed by atoms with Crippen molar-refractivity contribution in [3.05, 3.63) is 23.8 Å². The van der Waals surface area contributed by atoms with E-state index >= 15 is 0 Å². The monoisotopic (exact) mass is 370 g/mol. The predicted octanol–water partition coefficient (Wildman–Crippen LogP) is 3.57. The molecular formula is C19H28F2N2O3. The van der Waals surface area contributed by atoms with Gasteiger partial charge in [-0.15, -0.1) is 0 Å². The van der Waals surface area contributed by atoms with Gasteiger partial charge < -0.3 is 14.8 Å². The van der Waals surface area contributed by atoms with Crippen LogP contribution >= 0.6 is 0 Å². The fraction of sp³-hybridized carbons (Fsp3) is 0.632. The highest BCUT2D eigenvalue weighted by Crippen LogP contribution is 2.30. The number of hydrogen-bond acceptors (Lipinski definition) is 4. The van der Waals surface area contributed by atoms with Crippen molar-refractivity contribution < 1.29 is 23.0 Å². The van der Waals surface area contributed by atoms with Crippen LogP contribution in [-0.4, -0.2) is 43.7 Å². The molecule has 5 nitrogen and oxygen atoms in total. The molecule has 1 amide bonds. The summed E-state index contributed by atoms with van der Waals surface area (Å²) in [4.78, 5) is 14.4. The number of amides is 1. The summed E-state index contributed by atoms with van der Waals surface area (Å²) in [6.45, 7) is -0.547. The van der Waals surface area contributed by atoms with Crippen LogP contribution in [0.2, 0.25) is 0 Å². The van der Waals surface area contributed by atoms with Crippen LogP contribution in [0.15, 0.2) is 18.2 Å². The van der Waals surface area contributed by atoms with Crippen molar-refractivity contribution in [3.8, 4) is 11.5 Å². The topological polar surface area (TPSA) is 50.8 Å². The number of benzene rings is 1. The standard InChI is InChI=1S/C19H28F2N2O3/c1-13(18(24)22-15-7-5-4-6-8-15)23(2)12-14-9-10-16(26-19(20)21)17(11-14)25-3/h9-11,13,15,19H,4-8,12H2,1-3H3,(H,22,24)/t13-/m1/s1. The van der Waals surface area contributed by atoms with Crippen molar-refractivity contribution in [2.75, 3.05) is 14.2 Å². The lowest BCUT2D eigenvalue weighted by molar-refractivity contribution is -0.126. The Hall–Kier alpha value is -1.89. The quantitative estimate of drug-likeness (QED) is 0.760. The van der Waals surface area contributed by atoms with Crippen LogP contribution in [0, 0.1) is 0 Å². The van der Waals surface area contributed by atoms with Crippen molar-refractivity contribution in [2.24, 2.45) is 0 Å². The summed E-state index contributed by atoms with van der Waals surface area (Å²) in [5.74, 6) is 0.261. The summed E-state index contributed by atoms with van der Waals surface area (Å²) < 4.78 is 34.4. The van der Waals surface area contributed by atoms with Crippen molar-refractivity contribution >= 4 is 5.91 Å². The van der Waals surface area contributed by atoms with E-state index in [0.717, 1.165) is 18.4 Å². The fourth-order valence-electron chi connectivity index (χ4n) is 3.20. The van der Waals surface area contributed by atoms with E-state index in [1.807, 2.05) is 18.9 Å². The molecule has 0 heterocycles. The summed E-state index contributed by atoms with van der Waals surface area (Å²) >= 11 is 0. The highest BCUT2D eigenvalue weighted by atomic mass is 19.3. The number of nitrogens with one attached hydrogen (secondary N) is 1. The van der Waals surface area contributed by atoms with Gasteiger partial charge >= 0.3 is 6.61 Å². The van der Waals surface area contributed by atoms with E-state index in [2.05, 4.69) is 10.1 Å². The zero-order valence-electron chi connectivity index (χ0n) is 15.6. The lowest BCUT2D eigenvalue weighted by atomic mass is 9.95. The van der Waals surface area contributed by atoms with Crippen molar-refractivity contribution in [2.45, 2.75) is 64.3 Å². The van der Waals surface area contributed by atoms with Crippen LogP contribution in [0.25, 0.3) is 0 Å². The normalized spacial score (nSPS) is 16.6. The third-order valence-electron chi connectivity index (χ3n) is 4.87. The minimum Gasteiger partial charge on any atom is -0.493 e. The summed E-state index contributed by atoms with van der Waals surface area (Å²) in [7, 11) is 3.27. The SMILES string of the molecule is COc1cc(CN(C)[C@H](C)C(=O)NC2CCCCC2)ccc1OC(F)F. The first-order valence-electron chi connectivity index (χ1n) is 9.03. The maximum Gasteiger partial charge on any atom is 0.387 e. The molecule has 0 aliphatic heterocycles. The van der Waals surface area contributed by atoms with E-state index in [1.54, 1.807) is 12.1 Å². The number of carbonyl (C=O) groups excluding carboxylic acids is 1. The molecule has 1 aromatic rings. The molecule has 26 heavy (non-hydrogen) atoms. The van der Waals surface area contributed by atoms with E-state index in [9.17, 15) is 13.6 Å². The number of likely N-dealkylation sites (N-methyl/N-ethyl adjacent to an activating group) is 1. The number of rotatable bonds is 8. The molecule has 2 rings (SSSR count). The van der Waals surface area contributed by atoms with Gasteiger partial charge in [0.05, 0.1) is 13.2 Å². The van der Waals surface area contributed by atoms with E-state index in [1.165, 1.54) is 32.4 Å². The predicted molar refractivity (Wildman–Crippen MR) is 95.6 cm³/mol. The summed E-state index contributed by atoms with van der Waals surface area (Å²) in [6, 6.07) is 4.79. The first-order chi connectivity index (χ1) is 12.4. The molecule has 1 fully saturated rings. The first-order valence-corrected chi connectivity index (χ1v) is 9.03. The molecule has 0 unspecified atom stereocenters. The lowest BCUT2D eigenvalue weighted by Gasteiger charge is -2.28. The third-order valence-corrected chi connectivity index (χ3v) is 4.87. The Balaban J connectivity index is 1.94. The fourth-order valence-corrected chi connectivity index (χ4v) is 3.20. The maximum atomic E-state index is 12.5. The van der Waals surface area contributed by atoms with Gasteiger partial charge in [-0.1, -0.05) is 25.3 Å². The molecule has 0 radical (unpaired) electrons. The number of carbonyl (C=O) groups is 1. The van der Waals surface area contributed by atoms with Crippen LogP contribution in [0.5, 0.6) is 11.5 Å². The molecule has 1 atom stereocenters. The van der Waals surface area contributed by atoms with E-state index in [0.29, 0.717) is 6.54 Å². The summed E-state index contributed by atoms with van der Waals surface area (Å²) in [6.07, 6.45) is 5.68. The van der Waals surface area contributed by atoms with Gasteiger partial charge in [0.1, 0.15) is 0 Å². The van der Waals surface area contributed by atoms with Crippen LogP contribution in [0.4, 0.5) is 8.78 Å². The second-order valence-electron chi connectivity index (χ2n) is 6.80. The molecule has 1 aliphatic carbocycles. The Kier molecular flexibility index (Phi) is 7.63. The van der Waals surface area contributed by atoms with Gasteiger partial charge in [0.2, 0.25) is 5.91 Å². The Morgan fingerprint density at radius 1 is 1.27 bits per heavy atom. The lowest BCUT2D eigenvalue weighted by Crippen LogP contribution is -2.47. The van der Waals surface area contributed by atoms with Gasteiger partial charge in [-0.05, 0) is 44.5 Å². The van der Waals surface area contributed by atoms with Gasteiger partial charge in [-0.2, -0.15) is 8.78 Å². The zero-order valence-corrected chi connectivity index (χ0v) is 15.6. The largest absolute Gasteiger partial charge is 0.493 e. The molecule has 146 valence electrons. The number of ether oxygens (including phenoxy) is 2. The molecule has 1 saturated carbocycles. The van der Waals surface area contributed by atoms with E-state index < -0.39 is 6.61 Å². The van der Waals surface area contributed by atoms with E-state index in [4.69, 9.17) is 4.74 Å². The Morgan fingerprint density at radius 2 is 1.96 bits per heavy atom. The number of hydrogen-bond donors (Lipinski definition) is 1. The van der Waals surface area contributed by atoms with Crippen LogP contribution in [0.3, 0.4) is 0 Å². The van der Waals surface area contributed by atoms with Gasteiger partial charge in [0, 0.05) is 12.6 Å². The summed E-state index contributed by atoms with van der Waals surface area (Å²) in [5, 5.41) is 3.13. The van der Waals surface area contributed by atoms with E-state index in [-0.39, 0.29) is 29.5 Å². The van der Waals surface area contributed by atoms with Crippen LogP contribution in [-0.2, 0) is 11.3 Å². The molecule has 0 saturated heterocycles. The number of alkyl halides is 2. The maximum absolute atomic E-state index is 12.5. The first kappa shape index (κ1) is 20.4. The average Bonchev–Trinajstić information content (AvgIpc) is 2.62.